The van der Waals surface area contributed by atoms with E-state index in [1.165, 1.54) is 17.3 Å². The van der Waals surface area contributed by atoms with Crippen molar-refractivity contribution >= 4 is 35.3 Å². The summed E-state index contributed by atoms with van der Waals surface area (Å²) in [5.41, 5.74) is 3.35. The van der Waals surface area contributed by atoms with Crippen LogP contribution in [0.3, 0.4) is 0 Å². The summed E-state index contributed by atoms with van der Waals surface area (Å²) in [5, 5.41) is 3.08. The Morgan fingerprint density at radius 3 is 2.59 bits per heavy atom. The molecule has 0 fully saturated rings. The van der Waals surface area contributed by atoms with Crippen LogP contribution in [-0.4, -0.2) is 38.6 Å². The van der Waals surface area contributed by atoms with Crippen LogP contribution in [-0.2, 0) is 11.2 Å². The Kier molecular flexibility index (Phi) is 8.56. The molecule has 1 heterocycles. The largest absolute Gasteiger partial charge is 0.493 e. The Morgan fingerprint density at radius 1 is 1.08 bits per heavy atom. The normalized spacial score (nSPS) is 14.8. The van der Waals surface area contributed by atoms with Crippen molar-refractivity contribution in [1.82, 2.24) is 5.32 Å². The van der Waals surface area contributed by atoms with Crippen molar-refractivity contribution in [2.75, 3.05) is 25.7 Å². The second kappa shape index (κ2) is 12.0. The maximum Gasteiger partial charge on any atom is 0.264 e. The van der Waals surface area contributed by atoms with Crippen molar-refractivity contribution in [2.45, 2.75) is 37.6 Å². The molecular formula is C30H32N2O4S. The minimum atomic E-state index is -0.142. The van der Waals surface area contributed by atoms with Crippen molar-refractivity contribution in [3.8, 4) is 11.5 Å². The molecule has 37 heavy (non-hydrogen) atoms. The van der Waals surface area contributed by atoms with Gasteiger partial charge in [0, 0.05) is 23.5 Å². The van der Waals surface area contributed by atoms with Crippen molar-refractivity contribution in [1.29, 1.82) is 0 Å². The Balaban J connectivity index is 1.47. The van der Waals surface area contributed by atoms with Crippen LogP contribution < -0.4 is 19.7 Å². The molecular weight excluding hydrogens is 484 g/mol. The number of methoxy groups -OCH3 is 1. The van der Waals surface area contributed by atoms with Crippen LogP contribution in [0.1, 0.15) is 41.8 Å². The number of carbonyl (C=O) groups excluding carboxylic acids is 2. The second-order valence-electron chi connectivity index (χ2n) is 8.90. The van der Waals surface area contributed by atoms with Crippen LogP contribution in [0.2, 0.25) is 0 Å². The van der Waals surface area contributed by atoms with Crippen LogP contribution in [0.4, 0.5) is 5.69 Å². The highest BCUT2D eigenvalue weighted by Crippen LogP contribution is 2.42. The molecule has 1 unspecified atom stereocenters. The van der Waals surface area contributed by atoms with E-state index in [0.717, 1.165) is 29.0 Å². The third kappa shape index (κ3) is 6.35. The van der Waals surface area contributed by atoms with E-state index in [9.17, 15) is 9.59 Å². The summed E-state index contributed by atoms with van der Waals surface area (Å²) in [6.07, 6.45) is 3.59. The van der Waals surface area contributed by atoms with Gasteiger partial charge in [-0.3, -0.25) is 9.59 Å². The summed E-state index contributed by atoms with van der Waals surface area (Å²) >= 11 is 1.40. The Hall–Kier alpha value is -3.71. The first-order valence-corrected chi connectivity index (χ1v) is 13.2. The summed E-state index contributed by atoms with van der Waals surface area (Å²) < 4.78 is 11.0. The molecule has 7 heteroatoms. The average Bonchev–Trinajstić information content (AvgIpc) is 2.91. The maximum absolute atomic E-state index is 13.2. The molecule has 0 spiro atoms. The first-order valence-electron chi connectivity index (χ1n) is 12.4. The predicted octanol–water partition coefficient (Wildman–Crippen LogP) is 5.95. The number of rotatable bonds is 9. The first-order chi connectivity index (χ1) is 17.9. The number of carbonyl (C=O) groups is 2. The van der Waals surface area contributed by atoms with E-state index in [-0.39, 0.29) is 17.9 Å². The zero-order valence-corrected chi connectivity index (χ0v) is 22.4. The summed E-state index contributed by atoms with van der Waals surface area (Å²) in [5.74, 6) is 1.01. The first kappa shape index (κ1) is 26.4. The van der Waals surface area contributed by atoms with E-state index in [0.29, 0.717) is 28.6 Å². The van der Waals surface area contributed by atoms with E-state index in [2.05, 4.69) is 17.4 Å². The van der Waals surface area contributed by atoms with E-state index in [1.54, 1.807) is 25.1 Å². The predicted molar refractivity (Wildman–Crippen MR) is 150 cm³/mol. The molecule has 0 aliphatic carbocycles. The number of aryl methyl sites for hydroxylation is 1. The van der Waals surface area contributed by atoms with E-state index >= 15 is 0 Å². The van der Waals surface area contributed by atoms with Gasteiger partial charge in [0.15, 0.2) is 11.5 Å². The fourth-order valence-corrected chi connectivity index (χ4v) is 5.23. The van der Waals surface area contributed by atoms with Crippen molar-refractivity contribution in [3.63, 3.8) is 0 Å². The molecule has 0 saturated heterocycles. The van der Waals surface area contributed by atoms with Gasteiger partial charge in [-0.2, -0.15) is 0 Å². The van der Waals surface area contributed by atoms with Crippen LogP contribution in [0, 0.1) is 0 Å². The number of amides is 2. The number of nitrogens with zero attached hydrogens (tertiary/aromatic N) is 1. The topological polar surface area (TPSA) is 67.9 Å². The van der Waals surface area contributed by atoms with Crippen molar-refractivity contribution < 1.29 is 19.1 Å². The lowest BCUT2D eigenvalue weighted by atomic mass is 10.1. The monoisotopic (exact) mass is 516 g/mol. The van der Waals surface area contributed by atoms with Gasteiger partial charge in [-0.15, -0.1) is 0 Å². The fraction of sp³-hybridized carbons (Fsp3) is 0.267. The molecule has 3 aromatic rings. The fourth-order valence-electron chi connectivity index (χ4n) is 4.14. The molecule has 0 radical (unpaired) electrons. The third-order valence-electron chi connectivity index (χ3n) is 6.19. The van der Waals surface area contributed by atoms with Gasteiger partial charge < -0.3 is 19.7 Å². The van der Waals surface area contributed by atoms with Gasteiger partial charge in [0.2, 0.25) is 0 Å². The summed E-state index contributed by atoms with van der Waals surface area (Å²) in [6.45, 7) is 4.47. The summed E-state index contributed by atoms with van der Waals surface area (Å²) in [6, 6.07) is 21.4. The minimum Gasteiger partial charge on any atom is -0.493 e. The minimum absolute atomic E-state index is 0.0260. The zero-order valence-electron chi connectivity index (χ0n) is 21.6. The van der Waals surface area contributed by atoms with E-state index < -0.39 is 0 Å². The Labute approximate surface area is 222 Å². The number of fused-ring (bicyclic) bond motifs is 1. The molecule has 1 atom stereocenters. The number of likely N-dealkylation sites (N-methyl/N-ethyl adjacent to an activating group) is 1. The molecule has 4 rings (SSSR count). The van der Waals surface area contributed by atoms with E-state index in [1.807, 2.05) is 68.5 Å². The second-order valence-corrected chi connectivity index (χ2v) is 9.98. The van der Waals surface area contributed by atoms with Gasteiger partial charge in [0.05, 0.1) is 24.3 Å². The summed E-state index contributed by atoms with van der Waals surface area (Å²) in [4.78, 5) is 29.2. The molecule has 3 aromatic carbocycles. The zero-order chi connectivity index (χ0) is 26.4. The van der Waals surface area contributed by atoms with Gasteiger partial charge in [0.25, 0.3) is 11.8 Å². The standard InChI is InChI=1S/C30H32N2O4S/c1-5-36-25-15-13-22(17-26(25)35-4)18-28-30(34)32(3)24-19-23(14-16-27(24)37-28)29(33)31-20(2)11-12-21-9-7-6-8-10-21/h6-10,13-20H,5,11-12H2,1-4H3,(H,31,33)/b28-18+. The third-order valence-corrected chi connectivity index (χ3v) is 7.27. The molecule has 2 amide bonds. The SMILES string of the molecule is CCOc1ccc(/C=C2/Sc3ccc(C(=O)NC(C)CCc4ccccc4)cc3N(C)C2=O)cc1OC. The van der Waals surface area contributed by atoms with Gasteiger partial charge in [-0.1, -0.05) is 48.2 Å². The highest BCUT2D eigenvalue weighted by molar-refractivity contribution is 8.04. The van der Waals surface area contributed by atoms with Crippen molar-refractivity contribution in [3.05, 3.63) is 88.3 Å². The highest BCUT2D eigenvalue weighted by atomic mass is 32.2. The molecule has 1 N–H and O–H groups in total. The average molecular weight is 517 g/mol. The molecule has 0 aromatic heterocycles. The number of thioether (sulfide) groups is 1. The molecule has 1 aliphatic heterocycles. The molecule has 6 nitrogen and oxygen atoms in total. The van der Waals surface area contributed by atoms with Gasteiger partial charge in [-0.05, 0) is 74.2 Å². The number of ether oxygens (including phenoxy) is 2. The number of benzene rings is 3. The van der Waals surface area contributed by atoms with Gasteiger partial charge >= 0.3 is 0 Å². The Bertz CT molecular complexity index is 1310. The van der Waals surface area contributed by atoms with Gasteiger partial charge in [-0.25, -0.2) is 0 Å². The van der Waals surface area contributed by atoms with Crippen LogP contribution in [0.25, 0.3) is 6.08 Å². The smallest absolute Gasteiger partial charge is 0.264 e. The maximum atomic E-state index is 13.2. The summed E-state index contributed by atoms with van der Waals surface area (Å²) in [7, 11) is 3.33. The number of anilines is 1. The van der Waals surface area contributed by atoms with Crippen molar-refractivity contribution in [2.24, 2.45) is 0 Å². The molecule has 0 bridgehead atoms. The van der Waals surface area contributed by atoms with Gasteiger partial charge in [0.1, 0.15) is 0 Å². The Morgan fingerprint density at radius 2 is 1.86 bits per heavy atom. The molecule has 0 saturated carbocycles. The van der Waals surface area contributed by atoms with Crippen LogP contribution in [0.5, 0.6) is 11.5 Å². The molecule has 1 aliphatic rings. The lowest BCUT2D eigenvalue weighted by Crippen LogP contribution is -2.34. The molecule has 192 valence electrons. The number of nitrogens with one attached hydrogen (secondary N) is 1. The van der Waals surface area contributed by atoms with Crippen LogP contribution in [0.15, 0.2) is 76.5 Å². The number of hydrogen-bond donors (Lipinski definition) is 1. The highest BCUT2D eigenvalue weighted by Gasteiger charge is 2.27. The van der Waals surface area contributed by atoms with E-state index in [4.69, 9.17) is 9.47 Å². The lowest BCUT2D eigenvalue weighted by molar-refractivity contribution is -0.114. The lowest BCUT2D eigenvalue weighted by Gasteiger charge is -2.27. The number of hydrogen-bond acceptors (Lipinski definition) is 5. The van der Waals surface area contributed by atoms with Crippen LogP contribution >= 0.6 is 11.8 Å². The quantitative estimate of drug-likeness (QED) is 0.356.